The van der Waals surface area contributed by atoms with E-state index in [1.165, 1.54) is 6.07 Å². The molecule has 1 aromatic heterocycles. The Hall–Kier alpha value is -3.09. The van der Waals surface area contributed by atoms with Crippen LogP contribution in [0.2, 0.25) is 0 Å². The van der Waals surface area contributed by atoms with Crippen molar-refractivity contribution in [1.29, 1.82) is 0 Å². The normalized spacial score (nSPS) is 16.2. The van der Waals surface area contributed by atoms with Gasteiger partial charge in [0.05, 0.1) is 11.1 Å². The van der Waals surface area contributed by atoms with Gasteiger partial charge >= 0.3 is 0 Å². The molecule has 2 aromatic carbocycles. The first-order chi connectivity index (χ1) is 15.3. The number of nitrogens with one attached hydrogen (secondary N) is 1. The molecule has 0 saturated heterocycles. The number of ketones is 1. The molecule has 0 radical (unpaired) electrons. The lowest BCUT2D eigenvalue weighted by molar-refractivity contribution is -0.0399. The summed E-state index contributed by atoms with van der Waals surface area (Å²) in [6.45, 7) is 2.20. The zero-order chi connectivity index (χ0) is 22.9. The summed E-state index contributed by atoms with van der Waals surface area (Å²) in [7, 11) is 0. The Morgan fingerprint density at radius 1 is 1.09 bits per heavy atom. The number of alkyl halides is 2. The predicted octanol–water partition coefficient (Wildman–Crippen LogP) is 5.73. The van der Waals surface area contributed by atoms with Crippen LogP contribution in [0.4, 0.5) is 13.2 Å². The third kappa shape index (κ3) is 4.56. The molecule has 32 heavy (non-hydrogen) atoms. The minimum Gasteiger partial charge on any atom is -0.349 e. The molecule has 0 atom stereocenters. The van der Waals surface area contributed by atoms with Crippen LogP contribution in [0.1, 0.15) is 65.3 Å². The quantitative estimate of drug-likeness (QED) is 0.496. The fourth-order valence-electron chi connectivity index (χ4n) is 4.26. The largest absolute Gasteiger partial charge is 0.349 e. The van der Waals surface area contributed by atoms with Gasteiger partial charge in [-0.25, -0.2) is 13.2 Å². The molecule has 1 aliphatic rings. The lowest BCUT2D eigenvalue weighted by Crippen LogP contribution is -2.40. The van der Waals surface area contributed by atoms with Gasteiger partial charge in [0.15, 0.2) is 5.78 Å². The van der Waals surface area contributed by atoms with Crippen molar-refractivity contribution in [3.63, 3.8) is 0 Å². The molecule has 0 bridgehead atoms. The number of hydrogen-bond acceptors (Lipinski definition) is 2. The van der Waals surface area contributed by atoms with E-state index in [0.717, 1.165) is 5.56 Å². The van der Waals surface area contributed by atoms with Crippen molar-refractivity contribution in [2.45, 2.75) is 57.5 Å². The van der Waals surface area contributed by atoms with E-state index < -0.39 is 17.6 Å². The van der Waals surface area contributed by atoms with Crippen molar-refractivity contribution in [1.82, 2.24) is 9.88 Å². The zero-order valence-electron chi connectivity index (χ0n) is 17.8. The summed E-state index contributed by atoms with van der Waals surface area (Å²) < 4.78 is 43.3. The molecule has 1 amide bonds. The van der Waals surface area contributed by atoms with Crippen LogP contribution in [0, 0.1) is 5.82 Å². The van der Waals surface area contributed by atoms with Crippen molar-refractivity contribution in [2.24, 2.45) is 0 Å². The van der Waals surface area contributed by atoms with Crippen LogP contribution in [0.15, 0.2) is 48.7 Å². The number of benzene rings is 2. The summed E-state index contributed by atoms with van der Waals surface area (Å²) in [5, 5.41) is 3.02. The topological polar surface area (TPSA) is 51.1 Å². The molecule has 1 aliphatic carbocycles. The number of fused-ring (bicyclic) bond motifs is 1. The summed E-state index contributed by atoms with van der Waals surface area (Å²) in [6.07, 6.45) is 1.91. The molecule has 4 nitrogen and oxygen atoms in total. The minimum absolute atomic E-state index is 0.0597. The smallest absolute Gasteiger partial charge is 0.253 e. The maximum Gasteiger partial charge on any atom is 0.253 e. The number of carbonyl (C=O) groups excluding carboxylic acids is 2. The molecular formula is C25H25F3N2O2. The Kier molecular flexibility index (Phi) is 6.09. The molecule has 3 aromatic rings. The van der Waals surface area contributed by atoms with Crippen LogP contribution in [0.3, 0.4) is 0 Å². The number of nitrogens with zero attached hydrogens (tertiary/aromatic N) is 1. The molecular weight excluding hydrogens is 417 g/mol. The average Bonchev–Trinajstić information content (AvgIpc) is 3.15. The van der Waals surface area contributed by atoms with Crippen LogP contribution in [-0.4, -0.2) is 28.2 Å². The van der Waals surface area contributed by atoms with E-state index in [0.29, 0.717) is 24.0 Å². The molecule has 1 N–H and O–H groups in total. The lowest BCUT2D eigenvalue weighted by Gasteiger charge is -2.28. The summed E-state index contributed by atoms with van der Waals surface area (Å²) in [4.78, 5) is 24.8. The third-order valence-electron chi connectivity index (χ3n) is 6.10. The van der Waals surface area contributed by atoms with Crippen LogP contribution in [-0.2, 0) is 6.54 Å². The maximum absolute atomic E-state index is 14.7. The SMILES string of the molecule is CCC(=O)c1ccc(Cn2cc(C(=O)NC3CCC(F)(F)CC3)c3c(F)cccc32)cc1. The summed E-state index contributed by atoms with van der Waals surface area (Å²) in [5.41, 5.74) is 2.30. The van der Waals surface area contributed by atoms with Gasteiger partial charge in [-0.15, -0.1) is 0 Å². The van der Waals surface area contributed by atoms with Crippen LogP contribution >= 0.6 is 0 Å². The highest BCUT2D eigenvalue weighted by atomic mass is 19.3. The molecule has 4 rings (SSSR count). The number of halogens is 3. The van der Waals surface area contributed by atoms with Crippen LogP contribution < -0.4 is 5.32 Å². The van der Waals surface area contributed by atoms with E-state index in [4.69, 9.17) is 0 Å². The second-order valence-electron chi connectivity index (χ2n) is 8.38. The molecule has 0 aliphatic heterocycles. The average molecular weight is 442 g/mol. The highest BCUT2D eigenvalue weighted by molar-refractivity contribution is 6.07. The standard InChI is InChI=1S/C25H25F3N2O2/c1-2-22(31)17-8-6-16(7-9-17)14-30-15-19(23-20(26)4-3-5-21(23)30)24(32)29-18-10-12-25(27,28)13-11-18/h3-9,15,18H,2,10-14H2,1H3,(H,29,32). The van der Waals surface area contributed by atoms with Crippen molar-refractivity contribution in [3.8, 4) is 0 Å². The van der Waals surface area contributed by atoms with Crippen molar-refractivity contribution < 1.29 is 22.8 Å². The van der Waals surface area contributed by atoms with Gasteiger partial charge in [-0.1, -0.05) is 37.3 Å². The van der Waals surface area contributed by atoms with E-state index in [1.807, 2.05) is 19.1 Å². The minimum atomic E-state index is -2.68. The van der Waals surface area contributed by atoms with Gasteiger partial charge in [0.1, 0.15) is 5.82 Å². The van der Waals surface area contributed by atoms with Gasteiger partial charge in [-0.05, 0) is 30.5 Å². The number of rotatable bonds is 6. The molecule has 0 spiro atoms. The molecule has 1 heterocycles. The number of amides is 1. The highest BCUT2D eigenvalue weighted by Crippen LogP contribution is 2.33. The molecule has 1 saturated carbocycles. The first-order valence-electron chi connectivity index (χ1n) is 10.9. The first kappa shape index (κ1) is 22.1. The second kappa shape index (κ2) is 8.81. The Morgan fingerprint density at radius 2 is 1.78 bits per heavy atom. The number of Topliss-reactive ketones (excluding diaryl/α,β-unsaturated/α-hetero) is 1. The lowest BCUT2D eigenvalue weighted by atomic mass is 9.92. The fraction of sp³-hybridized carbons (Fsp3) is 0.360. The van der Waals surface area contributed by atoms with E-state index in [1.54, 1.807) is 35.0 Å². The van der Waals surface area contributed by atoms with Gasteiger partial charge in [0, 0.05) is 49.0 Å². The van der Waals surface area contributed by atoms with Crippen molar-refractivity contribution in [3.05, 3.63) is 71.2 Å². The van der Waals surface area contributed by atoms with Crippen LogP contribution in [0.5, 0.6) is 0 Å². The number of carbonyl (C=O) groups is 2. The molecule has 1 fully saturated rings. The Balaban J connectivity index is 1.59. The Bertz CT molecular complexity index is 1140. The number of hydrogen-bond donors (Lipinski definition) is 1. The number of aromatic nitrogens is 1. The van der Waals surface area contributed by atoms with E-state index >= 15 is 0 Å². The molecule has 0 unspecified atom stereocenters. The predicted molar refractivity (Wildman–Crippen MR) is 117 cm³/mol. The first-order valence-corrected chi connectivity index (χ1v) is 10.9. The van der Waals surface area contributed by atoms with Crippen molar-refractivity contribution >= 4 is 22.6 Å². The van der Waals surface area contributed by atoms with Crippen molar-refractivity contribution in [2.75, 3.05) is 0 Å². The summed E-state index contributed by atoms with van der Waals surface area (Å²) in [6, 6.07) is 11.5. The van der Waals surface area contributed by atoms with Gasteiger partial charge < -0.3 is 9.88 Å². The molecule has 168 valence electrons. The van der Waals surface area contributed by atoms with E-state index in [2.05, 4.69) is 5.32 Å². The maximum atomic E-state index is 14.7. The Morgan fingerprint density at radius 3 is 2.44 bits per heavy atom. The molecule has 7 heteroatoms. The van der Waals surface area contributed by atoms with Gasteiger partial charge in [0.2, 0.25) is 5.92 Å². The van der Waals surface area contributed by atoms with Gasteiger partial charge in [-0.3, -0.25) is 9.59 Å². The fourth-order valence-corrected chi connectivity index (χ4v) is 4.26. The summed E-state index contributed by atoms with van der Waals surface area (Å²) >= 11 is 0. The zero-order valence-corrected chi connectivity index (χ0v) is 17.8. The monoisotopic (exact) mass is 442 g/mol. The Labute approximate surface area is 184 Å². The van der Waals surface area contributed by atoms with E-state index in [-0.39, 0.29) is 48.5 Å². The van der Waals surface area contributed by atoms with Crippen LogP contribution in [0.25, 0.3) is 10.9 Å². The van der Waals surface area contributed by atoms with Gasteiger partial charge in [0.25, 0.3) is 5.91 Å². The third-order valence-corrected chi connectivity index (χ3v) is 6.10. The van der Waals surface area contributed by atoms with Gasteiger partial charge in [-0.2, -0.15) is 0 Å². The highest BCUT2D eigenvalue weighted by Gasteiger charge is 2.35. The summed E-state index contributed by atoms with van der Waals surface area (Å²) in [5.74, 6) is -3.59. The van der Waals surface area contributed by atoms with E-state index in [9.17, 15) is 22.8 Å². The second-order valence-corrected chi connectivity index (χ2v) is 8.38.